The molecule has 0 spiro atoms. The third-order valence-corrected chi connectivity index (χ3v) is 4.98. The quantitative estimate of drug-likeness (QED) is 0.652. The summed E-state index contributed by atoms with van der Waals surface area (Å²) in [5.74, 6) is -0.478. The van der Waals surface area contributed by atoms with Crippen LogP contribution in [0.2, 0.25) is 10.0 Å². The molecule has 0 saturated carbocycles. The number of rotatable bonds is 5. The van der Waals surface area contributed by atoms with Crippen LogP contribution in [0.1, 0.15) is 11.3 Å². The van der Waals surface area contributed by atoms with Gasteiger partial charge < -0.3 is 5.32 Å². The van der Waals surface area contributed by atoms with E-state index < -0.39 is 0 Å². The van der Waals surface area contributed by atoms with E-state index in [0.717, 1.165) is 5.56 Å². The molecule has 2 aromatic carbocycles. The Hall–Kier alpha value is -1.95. The monoisotopic (exact) mass is 394 g/mol. The molecular weight excluding hydrogens is 382 g/mol. The Kier molecular flexibility index (Phi) is 5.68. The minimum atomic E-state index is -0.313. The molecule has 7 heteroatoms. The Balaban J connectivity index is 1.60. The van der Waals surface area contributed by atoms with Crippen molar-refractivity contribution in [3.8, 4) is 10.6 Å². The molecule has 0 atom stereocenters. The van der Waals surface area contributed by atoms with Crippen LogP contribution in [0.15, 0.2) is 47.8 Å². The van der Waals surface area contributed by atoms with Crippen molar-refractivity contribution in [1.82, 2.24) is 10.3 Å². The summed E-state index contributed by atoms with van der Waals surface area (Å²) in [4.78, 5) is 16.5. The number of aromatic nitrogens is 1. The van der Waals surface area contributed by atoms with E-state index in [1.165, 1.54) is 23.5 Å². The van der Waals surface area contributed by atoms with Gasteiger partial charge in [0.1, 0.15) is 10.8 Å². The van der Waals surface area contributed by atoms with Gasteiger partial charge in [-0.1, -0.05) is 41.4 Å². The zero-order chi connectivity index (χ0) is 17.8. The summed E-state index contributed by atoms with van der Waals surface area (Å²) in [6.45, 7) is 0.315. The molecule has 1 aromatic heterocycles. The van der Waals surface area contributed by atoms with Crippen LogP contribution in [0, 0.1) is 5.82 Å². The van der Waals surface area contributed by atoms with Crippen LogP contribution in [-0.2, 0) is 17.8 Å². The van der Waals surface area contributed by atoms with Gasteiger partial charge in [-0.2, -0.15) is 0 Å². The van der Waals surface area contributed by atoms with Crippen molar-refractivity contribution in [2.24, 2.45) is 0 Å². The molecule has 1 N–H and O–H groups in total. The molecule has 1 heterocycles. The zero-order valence-corrected chi connectivity index (χ0v) is 15.3. The summed E-state index contributed by atoms with van der Waals surface area (Å²) < 4.78 is 13.3. The third-order valence-electron chi connectivity index (χ3n) is 3.46. The average molecular weight is 395 g/mol. The largest absolute Gasteiger partial charge is 0.352 e. The Labute approximate surface area is 158 Å². The van der Waals surface area contributed by atoms with E-state index in [1.807, 2.05) is 0 Å². The summed E-state index contributed by atoms with van der Waals surface area (Å²) >= 11 is 13.3. The molecule has 0 radical (unpaired) electrons. The Morgan fingerprint density at radius 2 is 2.04 bits per heavy atom. The topological polar surface area (TPSA) is 42.0 Å². The number of nitrogens with zero attached hydrogens (tertiary/aromatic N) is 1. The molecule has 0 saturated heterocycles. The van der Waals surface area contributed by atoms with Gasteiger partial charge in [-0.25, -0.2) is 9.37 Å². The van der Waals surface area contributed by atoms with Crippen LogP contribution in [0.3, 0.4) is 0 Å². The van der Waals surface area contributed by atoms with Gasteiger partial charge in [-0.05, 0) is 29.8 Å². The molecule has 3 nitrogen and oxygen atoms in total. The number of hydrogen-bond donors (Lipinski definition) is 1. The summed E-state index contributed by atoms with van der Waals surface area (Å²) in [7, 11) is 0. The Bertz CT molecular complexity index is 914. The van der Waals surface area contributed by atoms with Crippen LogP contribution in [0.25, 0.3) is 10.6 Å². The van der Waals surface area contributed by atoms with Crippen LogP contribution in [0.4, 0.5) is 4.39 Å². The molecule has 0 bridgehead atoms. The molecule has 25 heavy (non-hydrogen) atoms. The fourth-order valence-electron chi connectivity index (χ4n) is 2.23. The summed E-state index contributed by atoms with van der Waals surface area (Å²) in [6, 6.07) is 11.4. The first kappa shape index (κ1) is 17.9. The molecule has 3 rings (SSSR count). The lowest BCUT2D eigenvalue weighted by atomic mass is 10.2. The van der Waals surface area contributed by atoms with Gasteiger partial charge in [0.05, 0.1) is 12.1 Å². The number of amides is 1. The molecule has 1 amide bonds. The second kappa shape index (κ2) is 7.95. The minimum Gasteiger partial charge on any atom is -0.352 e. The van der Waals surface area contributed by atoms with Crippen molar-refractivity contribution in [2.45, 2.75) is 13.0 Å². The fourth-order valence-corrected chi connectivity index (χ4v) is 3.52. The first-order chi connectivity index (χ1) is 12.0. The van der Waals surface area contributed by atoms with Gasteiger partial charge in [0.15, 0.2) is 0 Å². The molecule has 0 aliphatic heterocycles. The average Bonchev–Trinajstić information content (AvgIpc) is 3.02. The van der Waals surface area contributed by atoms with Gasteiger partial charge in [0.25, 0.3) is 0 Å². The highest BCUT2D eigenvalue weighted by Gasteiger charge is 2.10. The fraction of sp³-hybridized carbons (Fsp3) is 0.111. The third kappa shape index (κ3) is 4.78. The molecule has 3 aromatic rings. The van der Waals surface area contributed by atoms with E-state index in [0.29, 0.717) is 32.9 Å². The first-order valence-corrected chi connectivity index (χ1v) is 9.06. The van der Waals surface area contributed by atoms with E-state index in [9.17, 15) is 9.18 Å². The first-order valence-electron chi connectivity index (χ1n) is 7.42. The lowest BCUT2D eigenvalue weighted by Gasteiger charge is -2.06. The number of carbonyl (C=O) groups excluding carboxylic acids is 1. The lowest BCUT2D eigenvalue weighted by molar-refractivity contribution is -0.120. The molecule has 0 aliphatic carbocycles. The second-order valence-electron chi connectivity index (χ2n) is 5.34. The van der Waals surface area contributed by atoms with Crippen LogP contribution in [-0.4, -0.2) is 10.9 Å². The highest BCUT2D eigenvalue weighted by atomic mass is 35.5. The summed E-state index contributed by atoms with van der Waals surface area (Å²) in [5, 5.41) is 6.35. The molecular formula is C18H13Cl2FN2OS. The van der Waals surface area contributed by atoms with Crippen LogP contribution >= 0.6 is 34.5 Å². The smallest absolute Gasteiger partial charge is 0.226 e. The Morgan fingerprint density at radius 3 is 2.80 bits per heavy atom. The number of nitrogens with one attached hydrogen (secondary N) is 1. The maximum absolute atomic E-state index is 13.3. The second-order valence-corrected chi connectivity index (χ2v) is 7.05. The van der Waals surface area contributed by atoms with Gasteiger partial charge >= 0.3 is 0 Å². The summed E-state index contributed by atoms with van der Waals surface area (Å²) in [5.41, 5.74) is 2.13. The number of halogens is 3. The van der Waals surface area contributed by atoms with E-state index in [2.05, 4.69) is 10.3 Å². The van der Waals surface area contributed by atoms with Crippen molar-refractivity contribution in [2.75, 3.05) is 0 Å². The van der Waals surface area contributed by atoms with Gasteiger partial charge in [-0.15, -0.1) is 11.3 Å². The number of hydrogen-bond acceptors (Lipinski definition) is 3. The zero-order valence-electron chi connectivity index (χ0n) is 12.9. The minimum absolute atomic E-state index is 0.150. The SMILES string of the molecule is O=C(Cc1csc(-c2cccc(F)c2)n1)NCc1ccc(Cl)cc1Cl. The molecule has 0 fully saturated rings. The number of benzene rings is 2. The van der Waals surface area contributed by atoms with Gasteiger partial charge in [0, 0.05) is 27.5 Å². The van der Waals surface area contributed by atoms with Crippen molar-refractivity contribution >= 4 is 40.4 Å². The van der Waals surface area contributed by atoms with Crippen LogP contribution < -0.4 is 5.32 Å². The number of thiazole rings is 1. The highest BCUT2D eigenvalue weighted by molar-refractivity contribution is 7.13. The summed E-state index contributed by atoms with van der Waals surface area (Å²) in [6.07, 6.45) is 0.150. The van der Waals surface area contributed by atoms with E-state index in [4.69, 9.17) is 23.2 Å². The van der Waals surface area contributed by atoms with Gasteiger partial charge in [0.2, 0.25) is 5.91 Å². The van der Waals surface area contributed by atoms with E-state index in [1.54, 1.807) is 35.7 Å². The Morgan fingerprint density at radius 1 is 1.20 bits per heavy atom. The molecule has 128 valence electrons. The molecule has 0 aliphatic rings. The highest BCUT2D eigenvalue weighted by Crippen LogP contribution is 2.24. The lowest BCUT2D eigenvalue weighted by Crippen LogP contribution is -2.24. The van der Waals surface area contributed by atoms with Crippen molar-refractivity contribution in [3.05, 3.63) is 75.0 Å². The predicted octanol–water partition coefficient (Wildman–Crippen LogP) is 5.11. The van der Waals surface area contributed by atoms with Crippen molar-refractivity contribution in [1.29, 1.82) is 0 Å². The standard InChI is InChI=1S/C18H13Cl2FN2OS/c19-13-5-4-12(16(20)7-13)9-22-17(24)8-15-10-25-18(23-15)11-2-1-3-14(21)6-11/h1-7,10H,8-9H2,(H,22,24). The predicted molar refractivity (Wildman–Crippen MR) is 99.5 cm³/mol. The van der Waals surface area contributed by atoms with Crippen molar-refractivity contribution < 1.29 is 9.18 Å². The maximum atomic E-state index is 13.3. The number of carbonyl (C=O) groups is 1. The van der Waals surface area contributed by atoms with Crippen LogP contribution in [0.5, 0.6) is 0 Å². The van der Waals surface area contributed by atoms with E-state index >= 15 is 0 Å². The van der Waals surface area contributed by atoms with Crippen molar-refractivity contribution in [3.63, 3.8) is 0 Å². The van der Waals surface area contributed by atoms with Gasteiger partial charge in [-0.3, -0.25) is 4.79 Å². The molecule has 0 unspecified atom stereocenters. The maximum Gasteiger partial charge on any atom is 0.226 e. The normalized spacial score (nSPS) is 10.7. The van der Waals surface area contributed by atoms with E-state index in [-0.39, 0.29) is 18.1 Å².